The highest BCUT2D eigenvalue weighted by atomic mass is 16.5. The highest BCUT2D eigenvalue weighted by molar-refractivity contribution is 5.94. The maximum absolute atomic E-state index is 12.7. The molecular weight excluding hydrogens is 396 g/mol. The number of nitrogens with one attached hydrogen (secondary N) is 2. The fourth-order valence-electron chi connectivity index (χ4n) is 3.79. The Morgan fingerprint density at radius 2 is 1.68 bits per heavy atom. The second-order valence-corrected chi connectivity index (χ2v) is 7.91. The van der Waals surface area contributed by atoms with Crippen LogP contribution in [0.2, 0.25) is 0 Å². The highest BCUT2D eigenvalue weighted by Gasteiger charge is 2.25. The van der Waals surface area contributed by atoms with Gasteiger partial charge in [-0.15, -0.1) is 0 Å². The van der Waals surface area contributed by atoms with E-state index in [1.165, 1.54) is 31.6 Å². The number of rotatable bonds is 8. The van der Waals surface area contributed by atoms with Crippen LogP contribution in [-0.2, 0) is 20.7 Å². The van der Waals surface area contributed by atoms with E-state index in [1.807, 2.05) is 30.3 Å². The Kier molecular flexibility index (Phi) is 8.70. The van der Waals surface area contributed by atoms with E-state index in [4.69, 9.17) is 9.15 Å². The smallest absolute Gasteiger partial charge is 0.329 e. The van der Waals surface area contributed by atoms with E-state index < -0.39 is 17.9 Å². The first kappa shape index (κ1) is 22.6. The predicted octanol–water partition coefficient (Wildman–Crippen LogP) is 3.39. The minimum Gasteiger partial charge on any atom is -0.459 e. The Bertz CT molecular complexity index is 827. The van der Waals surface area contributed by atoms with Gasteiger partial charge in [0.15, 0.2) is 12.4 Å². The van der Waals surface area contributed by atoms with Crippen LogP contribution < -0.4 is 10.6 Å². The average molecular weight is 427 g/mol. The van der Waals surface area contributed by atoms with Crippen molar-refractivity contribution in [1.82, 2.24) is 10.6 Å². The van der Waals surface area contributed by atoms with E-state index >= 15 is 0 Å². The molecule has 2 amide bonds. The molecule has 1 atom stereocenters. The number of hydrogen-bond acceptors (Lipinski definition) is 5. The van der Waals surface area contributed by atoms with E-state index in [0.29, 0.717) is 0 Å². The molecule has 0 bridgehead atoms. The fraction of sp³-hybridized carbons (Fsp3) is 0.458. The van der Waals surface area contributed by atoms with Crippen LogP contribution in [0, 0.1) is 0 Å². The van der Waals surface area contributed by atoms with E-state index in [1.54, 1.807) is 6.07 Å². The zero-order chi connectivity index (χ0) is 21.9. The van der Waals surface area contributed by atoms with Gasteiger partial charge in [0, 0.05) is 12.5 Å². The molecule has 0 unspecified atom stereocenters. The third-order valence-electron chi connectivity index (χ3n) is 5.43. The molecule has 0 radical (unpaired) electrons. The molecule has 1 aromatic carbocycles. The molecule has 0 spiro atoms. The van der Waals surface area contributed by atoms with Crippen molar-refractivity contribution in [1.29, 1.82) is 0 Å². The number of ether oxygens (including phenoxy) is 1. The van der Waals surface area contributed by atoms with Gasteiger partial charge in [-0.2, -0.15) is 0 Å². The lowest BCUT2D eigenvalue weighted by Crippen LogP contribution is -2.45. The Morgan fingerprint density at radius 1 is 0.968 bits per heavy atom. The van der Waals surface area contributed by atoms with Crippen molar-refractivity contribution in [2.75, 3.05) is 6.61 Å². The van der Waals surface area contributed by atoms with Gasteiger partial charge in [0.05, 0.1) is 6.26 Å². The van der Waals surface area contributed by atoms with E-state index in [9.17, 15) is 14.4 Å². The molecule has 1 heterocycles. The first-order valence-corrected chi connectivity index (χ1v) is 11.0. The summed E-state index contributed by atoms with van der Waals surface area (Å²) >= 11 is 0. The van der Waals surface area contributed by atoms with Crippen molar-refractivity contribution in [2.24, 2.45) is 0 Å². The Morgan fingerprint density at radius 3 is 2.35 bits per heavy atom. The molecule has 2 aromatic rings. The molecular formula is C24H30N2O5. The molecule has 166 valence electrons. The van der Waals surface area contributed by atoms with Crippen molar-refractivity contribution in [3.05, 3.63) is 60.1 Å². The normalized spacial score (nSPS) is 15.9. The van der Waals surface area contributed by atoms with Gasteiger partial charge in [-0.05, 0) is 30.5 Å². The quantitative estimate of drug-likeness (QED) is 0.631. The van der Waals surface area contributed by atoms with Gasteiger partial charge in [-0.1, -0.05) is 62.4 Å². The minimum atomic E-state index is -0.936. The fourth-order valence-corrected chi connectivity index (χ4v) is 3.79. The zero-order valence-electron chi connectivity index (χ0n) is 17.7. The molecule has 2 N–H and O–H groups in total. The lowest BCUT2D eigenvalue weighted by atomic mass is 9.97. The van der Waals surface area contributed by atoms with Gasteiger partial charge in [-0.25, -0.2) is 4.79 Å². The second-order valence-electron chi connectivity index (χ2n) is 7.91. The van der Waals surface area contributed by atoms with Crippen molar-refractivity contribution in [3.8, 4) is 0 Å². The average Bonchev–Trinajstić information content (AvgIpc) is 3.29. The van der Waals surface area contributed by atoms with Gasteiger partial charge in [-0.3, -0.25) is 9.59 Å². The number of amides is 2. The van der Waals surface area contributed by atoms with Crippen LogP contribution in [-0.4, -0.2) is 36.5 Å². The molecule has 1 saturated carbocycles. The number of carbonyl (C=O) groups excluding carboxylic acids is 3. The summed E-state index contributed by atoms with van der Waals surface area (Å²) in [7, 11) is 0. The molecule has 7 nitrogen and oxygen atoms in total. The zero-order valence-corrected chi connectivity index (χ0v) is 17.7. The molecule has 7 heteroatoms. The monoisotopic (exact) mass is 426 g/mol. The van der Waals surface area contributed by atoms with Crippen molar-refractivity contribution in [3.63, 3.8) is 0 Å². The minimum absolute atomic E-state index is 0.105. The molecule has 1 fully saturated rings. The third kappa shape index (κ3) is 7.59. The summed E-state index contributed by atoms with van der Waals surface area (Å²) in [4.78, 5) is 37.4. The number of esters is 1. The molecule has 1 aromatic heterocycles. The predicted molar refractivity (Wildman–Crippen MR) is 115 cm³/mol. The van der Waals surface area contributed by atoms with Crippen molar-refractivity contribution in [2.45, 2.75) is 63.5 Å². The van der Waals surface area contributed by atoms with Crippen LogP contribution in [0.4, 0.5) is 0 Å². The first-order chi connectivity index (χ1) is 15.1. The van der Waals surface area contributed by atoms with Crippen LogP contribution in [0.5, 0.6) is 0 Å². The molecule has 0 aliphatic heterocycles. The standard InChI is InChI=1S/C24H30N2O5/c27-22(25-19-12-7-2-1-3-8-13-19)17-31-24(29)20(16-18-10-5-4-6-11-18)26-23(28)21-14-9-15-30-21/h4-6,9-11,14-15,19-20H,1-3,7-8,12-13,16-17H2,(H,25,27)(H,26,28)/t20-/m0/s1. The van der Waals surface area contributed by atoms with Crippen LogP contribution in [0.25, 0.3) is 0 Å². The van der Waals surface area contributed by atoms with Crippen molar-refractivity contribution < 1.29 is 23.5 Å². The summed E-state index contributed by atoms with van der Waals surface area (Å²) < 4.78 is 10.4. The summed E-state index contributed by atoms with van der Waals surface area (Å²) in [6, 6.07) is 11.6. The lowest BCUT2D eigenvalue weighted by Gasteiger charge is -2.21. The molecule has 3 rings (SSSR count). The largest absolute Gasteiger partial charge is 0.459 e. The molecule has 31 heavy (non-hydrogen) atoms. The second kappa shape index (κ2) is 11.9. The van der Waals surface area contributed by atoms with Gasteiger partial charge >= 0.3 is 5.97 Å². The summed E-state index contributed by atoms with van der Waals surface area (Å²) in [5, 5.41) is 5.62. The Hall–Kier alpha value is -3.09. The maximum Gasteiger partial charge on any atom is 0.329 e. The third-order valence-corrected chi connectivity index (χ3v) is 5.43. The molecule has 1 aliphatic rings. The number of furan rings is 1. The molecule has 0 saturated heterocycles. The van der Waals surface area contributed by atoms with E-state index in [2.05, 4.69) is 10.6 Å². The van der Waals surface area contributed by atoms with Gasteiger partial charge in [0.1, 0.15) is 6.04 Å². The highest BCUT2D eigenvalue weighted by Crippen LogP contribution is 2.17. The van der Waals surface area contributed by atoms with Crippen molar-refractivity contribution >= 4 is 17.8 Å². The van der Waals surface area contributed by atoms with Crippen LogP contribution >= 0.6 is 0 Å². The summed E-state index contributed by atoms with van der Waals surface area (Å²) in [6.07, 6.45) is 9.38. The first-order valence-electron chi connectivity index (χ1n) is 11.0. The SMILES string of the molecule is O=C(COC(=O)[C@H](Cc1ccccc1)NC(=O)c1ccco1)NC1CCCCCCC1. The van der Waals surface area contributed by atoms with Gasteiger partial charge in [0.25, 0.3) is 11.8 Å². The Balaban J connectivity index is 1.55. The maximum atomic E-state index is 12.7. The van der Waals surface area contributed by atoms with Gasteiger partial charge < -0.3 is 19.8 Å². The van der Waals surface area contributed by atoms with Crippen LogP contribution in [0.3, 0.4) is 0 Å². The summed E-state index contributed by atoms with van der Waals surface area (Å²) in [6.45, 7) is -0.364. The van der Waals surface area contributed by atoms with E-state index in [0.717, 1.165) is 31.2 Å². The van der Waals surface area contributed by atoms with Crippen LogP contribution in [0.15, 0.2) is 53.1 Å². The lowest BCUT2D eigenvalue weighted by molar-refractivity contribution is -0.150. The Labute approximate surface area is 182 Å². The summed E-state index contributed by atoms with van der Waals surface area (Å²) in [5.41, 5.74) is 0.864. The summed E-state index contributed by atoms with van der Waals surface area (Å²) in [5.74, 6) is -1.37. The number of carbonyl (C=O) groups is 3. The molecule has 1 aliphatic carbocycles. The number of hydrogen-bond donors (Lipinski definition) is 2. The number of benzene rings is 1. The van der Waals surface area contributed by atoms with Crippen LogP contribution in [0.1, 0.15) is 61.1 Å². The van der Waals surface area contributed by atoms with E-state index in [-0.39, 0.29) is 30.7 Å². The van der Waals surface area contributed by atoms with Gasteiger partial charge in [0.2, 0.25) is 0 Å². The topological polar surface area (TPSA) is 97.6 Å².